The zero-order chi connectivity index (χ0) is 11.7. The molecule has 1 saturated carbocycles. The summed E-state index contributed by atoms with van der Waals surface area (Å²) in [7, 11) is 0. The summed E-state index contributed by atoms with van der Waals surface area (Å²) in [5.74, 6) is 0.0667. The largest absolute Gasteiger partial charge is 0.354 e. The molecule has 3 heteroatoms. The van der Waals surface area contributed by atoms with E-state index in [9.17, 15) is 4.79 Å². The second-order valence-electron chi connectivity index (χ2n) is 6.16. The molecule has 0 aliphatic heterocycles. The van der Waals surface area contributed by atoms with Gasteiger partial charge in [-0.15, -0.1) is 0 Å². The van der Waals surface area contributed by atoms with Crippen molar-refractivity contribution in [3.8, 4) is 0 Å². The van der Waals surface area contributed by atoms with Gasteiger partial charge in [0.2, 0.25) is 5.91 Å². The molecule has 0 heterocycles. The van der Waals surface area contributed by atoms with Gasteiger partial charge in [-0.25, -0.2) is 0 Å². The predicted octanol–water partition coefficient (Wildman–Crippen LogP) is 1.67. The van der Waals surface area contributed by atoms with E-state index in [-0.39, 0.29) is 16.7 Å². The second kappa shape index (κ2) is 4.12. The van der Waals surface area contributed by atoms with E-state index in [2.05, 4.69) is 26.1 Å². The second-order valence-corrected chi connectivity index (χ2v) is 6.16. The van der Waals surface area contributed by atoms with Crippen molar-refractivity contribution in [1.29, 1.82) is 0 Å². The molecule has 3 nitrogen and oxygen atoms in total. The van der Waals surface area contributed by atoms with Gasteiger partial charge in [-0.3, -0.25) is 4.79 Å². The molecule has 2 atom stereocenters. The zero-order valence-corrected chi connectivity index (χ0v) is 10.4. The van der Waals surface area contributed by atoms with E-state index in [0.717, 1.165) is 19.3 Å². The van der Waals surface area contributed by atoms with Gasteiger partial charge in [0.25, 0.3) is 0 Å². The number of hydrogen-bond donors (Lipinski definition) is 2. The Morgan fingerprint density at radius 2 is 2.00 bits per heavy atom. The Balaban J connectivity index is 2.72. The minimum absolute atomic E-state index is 0.0667. The fraction of sp³-hybridized carbons (Fsp3) is 0.917. The average molecular weight is 212 g/mol. The van der Waals surface area contributed by atoms with Gasteiger partial charge in [0, 0.05) is 13.0 Å². The highest BCUT2D eigenvalue weighted by Crippen LogP contribution is 2.45. The van der Waals surface area contributed by atoms with Crippen LogP contribution in [0.15, 0.2) is 0 Å². The summed E-state index contributed by atoms with van der Waals surface area (Å²) >= 11 is 0. The van der Waals surface area contributed by atoms with E-state index in [0.29, 0.717) is 12.6 Å². The molecular formula is C12H24N2O. The van der Waals surface area contributed by atoms with E-state index >= 15 is 0 Å². The number of carbonyl (C=O) groups is 1. The van der Waals surface area contributed by atoms with Crippen LogP contribution < -0.4 is 11.1 Å². The average Bonchev–Trinajstić information content (AvgIpc) is 1.98. The topological polar surface area (TPSA) is 55.1 Å². The van der Waals surface area contributed by atoms with Crippen molar-refractivity contribution < 1.29 is 4.79 Å². The van der Waals surface area contributed by atoms with E-state index in [4.69, 9.17) is 5.73 Å². The third-order valence-electron chi connectivity index (χ3n) is 3.34. The Bertz CT molecular complexity index is 250. The van der Waals surface area contributed by atoms with Crippen molar-refractivity contribution in [1.82, 2.24) is 5.32 Å². The Kier molecular flexibility index (Phi) is 3.44. The number of amides is 1. The van der Waals surface area contributed by atoms with Gasteiger partial charge in [0.05, 0.1) is 0 Å². The first-order chi connectivity index (χ1) is 6.76. The summed E-state index contributed by atoms with van der Waals surface area (Å²) in [6.45, 7) is 9.03. The van der Waals surface area contributed by atoms with Crippen LogP contribution in [0.25, 0.3) is 0 Å². The van der Waals surface area contributed by atoms with Gasteiger partial charge >= 0.3 is 0 Å². The van der Waals surface area contributed by atoms with E-state index in [1.807, 2.05) is 0 Å². The number of nitrogens with two attached hydrogens (primary N) is 1. The SMILES string of the molecule is CC(=O)NC1CC(C)(C)CC(C)(CN)C1. The van der Waals surface area contributed by atoms with Gasteiger partial charge in [-0.2, -0.15) is 0 Å². The van der Waals surface area contributed by atoms with E-state index < -0.39 is 0 Å². The summed E-state index contributed by atoms with van der Waals surface area (Å²) in [6.07, 6.45) is 3.21. The molecule has 0 saturated heterocycles. The van der Waals surface area contributed by atoms with Crippen molar-refractivity contribution in [2.24, 2.45) is 16.6 Å². The Labute approximate surface area is 92.8 Å². The molecule has 0 aromatic rings. The van der Waals surface area contributed by atoms with Gasteiger partial charge < -0.3 is 11.1 Å². The van der Waals surface area contributed by atoms with Crippen molar-refractivity contribution in [2.75, 3.05) is 6.54 Å². The number of hydrogen-bond acceptors (Lipinski definition) is 2. The highest BCUT2D eigenvalue weighted by molar-refractivity contribution is 5.73. The third-order valence-corrected chi connectivity index (χ3v) is 3.34. The van der Waals surface area contributed by atoms with Gasteiger partial charge in [0.15, 0.2) is 0 Å². The summed E-state index contributed by atoms with van der Waals surface area (Å²) in [6, 6.07) is 0.291. The molecule has 0 aromatic heterocycles. The molecule has 15 heavy (non-hydrogen) atoms. The molecule has 1 aliphatic carbocycles. The highest BCUT2D eigenvalue weighted by Gasteiger charge is 2.40. The standard InChI is InChI=1S/C12H24N2O/c1-9(15)14-10-5-11(2,3)7-12(4,6-10)8-13/h10H,5-8,13H2,1-4H3,(H,14,15). The van der Waals surface area contributed by atoms with Crippen LogP contribution in [0.4, 0.5) is 0 Å². The first-order valence-corrected chi connectivity index (χ1v) is 5.74. The minimum Gasteiger partial charge on any atom is -0.354 e. The van der Waals surface area contributed by atoms with Crippen LogP contribution >= 0.6 is 0 Å². The summed E-state index contributed by atoms with van der Waals surface area (Å²) in [4.78, 5) is 11.1. The highest BCUT2D eigenvalue weighted by atomic mass is 16.1. The zero-order valence-electron chi connectivity index (χ0n) is 10.4. The molecule has 2 unspecified atom stereocenters. The lowest BCUT2D eigenvalue weighted by molar-refractivity contribution is -0.120. The van der Waals surface area contributed by atoms with Crippen molar-refractivity contribution in [2.45, 2.75) is 53.0 Å². The third kappa shape index (κ3) is 3.49. The molecule has 1 fully saturated rings. The van der Waals surface area contributed by atoms with Crippen LogP contribution in [0.5, 0.6) is 0 Å². The minimum atomic E-state index is 0.0667. The molecule has 1 rings (SSSR count). The van der Waals surface area contributed by atoms with Gasteiger partial charge in [-0.1, -0.05) is 20.8 Å². The Morgan fingerprint density at radius 1 is 1.40 bits per heavy atom. The maximum absolute atomic E-state index is 11.1. The molecule has 1 aliphatic rings. The van der Waals surface area contributed by atoms with Crippen molar-refractivity contribution in [3.05, 3.63) is 0 Å². The van der Waals surface area contributed by atoms with Crippen molar-refractivity contribution in [3.63, 3.8) is 0 Å². The smallest absolute Gasteiger partial charge is 0.217 e. The molecule has 0 radical (unpaired) electrons. The van der Waals surface area contributed by atoms with Crippen molar-refractivity contribution >= 4 is 5.91 Å². The van der Waals surface area contributed by atoms with Crippen LogP contribution in [0.3, 0.4) is 0 Å². The first kappa shape index (κ1) is 12.5. The lowest BCUT2D eigenvalue weighted by Gasteiger charge is -2.46. The molecule has 3 N–H and O–H groups in total. The first-order valence-electron chi connectivity index (χ1n) is 5.74. The fourth-order valence-electron chi connectivity index (χ4n) is 3.18. The number of carbonyl (C=O) groups excluding carboxylic acids is 1. The quantitative estimate of drug-likeness (QED) is 0.731. The van der Waals surface area contributed by atoms with E-state index in [1.54, 1.807) is 6.92 Å². The van der Waals surface area contributed by atoms with Crippen LogP contribution in [-0.4, -0.2) is 18.5 Å². The molecule has 1 amide bonds. The van der Waals surface area contributed by atoms with Crippen LogP contribution in [-0.2, 0) is 4.79 Å². The Morgan fingerprint density at radius 3 is 2.47 bits per heavy atom. The number of nitrogens with one attached hydrogen (secondary N) is 1. The van der Waals surface area contributed by atoms with E-state index in [1.165, 1.54) is 0 Å². The molecule has 0 bridgehead atoms. The molecule has 0 spiro atoms. The molecule has 88 valence electrons. The molecular weight excluding hydrogens is 188 g/mol. The predicted molar refractivity (Wildman–Crippen MR) is 62.4 cm³/mol. The lowest BCUT2D eigenvalue weighted by atomic mass is 9.62. The summed E-state index contributed by atoms with van der Waals surface area (Å²) in [5, 5.41) is 3.03. The number of rotatable bonds is 2. The summed E-state index contributed by atoms with van der Waals surface area (Å²) in [5.41, 5.74) is 6.29. The lowest BCUT2D eigenvalue weighted by Crippen LogP contribution is -2.48. The van der Waals surface area contributed by atoms with Crippen LogP contribution in [0.2, 0.25) is 0 Å². The van der Waals surface area contributed by atoms with Gasteiger partial charge in [0.1, 0.15) is 0 Å². The van der Waals surface area contributed by atoms with Gasteiger partial charge in [-0.05, 0) is 36.6 Å². The summed E-state index contributed by atoms with van der Waals surface area (Å²) < 4.78 is 0. The maximum Gasteiger partial charge on any atom is 0.217 e. The Hall–Kier alpha value is -0.570. The maximum atomic E-state index is 11.1. The fourth-order valence-corrected chi connectivity index (χ4v) is 3.18. The molecule has 0 aromatic carbocycles. The van der Waals surface area contributed by atoms with Crippen LogP contribution in [0.1, 0.15) is 47.0 Å². The van der Waals surface area contributed by atoms with Crippen LogP contribution in [0, 0.1) is 10.8 Å². The monoisotopic (exact) mass is 212 g/mol. The normalized spacial score (nSPS) is 34.9.